The van der Waals surface area contributed by atoms with Gasteiger partial charge in [-0.2, -0.15) is 0 Å². The predicted octanol–water partition coefficient (Wildman–Crippen LogP) is 2.93. The number of aromatic hydroxyl groups is 1. The van der Waals surface area contributed by atoms with Crippen molar-refractivity contribution in [2.75, 3.05) is 0 Å². The van der Waals surface area contributed by atoms with Crippen LogP contribution in [0.15, 0.2) is 30.6 Å². The highest BCUT2D eigenvalue weighted by molar-refractivity contribution is 5.91. The molecule has 0 saturated carbocycles. The number of pyridine rings is 1. The molecule has 0 fully saturated rings. The Morgan fingerprint density at radius 2 is 2.00 bits per heavy atom. The molecule has 98 valence electrons. The molecule has 2 rings (SSSR count). The van der Waals surface area contributed by atoms with Gasteiger partial charge in [-0.15, -0.1) is 0 Å². The first-order valence-corrected chi connectivity index (χ1v) is 5.92. The minimum Gasteiger partial charge on any atom is -0.508 e. The molecule has 0 radical (unpaired) electrons. The molecule has 0 amide bonds. The van der Waals surface area contributed by atoms with Crippen LogP contribution in [-0.2, 0) is 0 Å². The molecule has 0 atom stereocenters. The monoisotopic (exact) mass is 257 g/mol. The standard InChI is InChI=1S/C15H15NO3/c1-9-7-13(17)10(2)11(3)14(9)19-15(18)12-5-4-6-16-8-12/h4-8,17H,1-3H3. The fraction of sp³-hybridized carbons (Fsp3) is 0.200. The van der Waals surface area contributed by atoms with Crippen LogP contribution in [0.4, 0.5) is 0 Å². The number of nitrogens with zero attached hydrogens (tertiary/aromatic N) is 1. The number of aryl methyl sites for hydroxylation is 1. The minimum atomic E-state index is -0.454. The molecule has 0 unspecified atom stereocenters. The number of phenolic OH excluding ortho intramolecular Hbond substituents is 1. The molecule has 4 heteroatoms. The van der Waals surface area contributed by atoms with Crippen LogP contribution in [0, 0.1) is 20.8 Å². The second-order valence-electron chi connectivity index (χ2n) is 4.42. The molecule has 2 aromatic rings. The van der Waals surface area contributed by atoms with Crippen molar-refractivity contribution >= 4 is 5.97 Å². The van der Waals surface area contributed by atoms with Gasteiger partial charge in [-0.05, 0) is 55.7 Å². The minimum absolute atomic E-state index is 0.205. The van der Waals surface area contributed by atoms with E-state index in [4.69, 9.17) is 4.74 Å². The second-order valence-corrected chi connectivity index (χ2v) is 4.42. The number of aromatic nitrogens is 1. The molecule has 0 saturated heterocycles. The topological polar surface area (TPSA) is 59.4 Å². The third kappa shape index (κ3) is 2.57. The summed E-state index contributed by atoms with van der Waals surface area (Å²) in [6.07, 6.45) is 3.05. The first kappa shape index (κ1) is 13.1. The SMILES string of the molecule is Cc1cc(O)c(C)c(C)c1OC(=O)c1cccnc1. The van der Waals surface area contributed by atoms with Gasteiger partial charge in [0.25, 0.3) is 0 Å². The predicted molar refractivity (Wildman–Crippen MR) is 71.5 cm³/mol. The number of hydrogen-bond donors (Lipinski definition) is 1. The third-order valence-corrected chi connectivity index (χ3v) is 3.09. The lowest BCUT2D eigenvalue weighted by molar-refractivity contribution is 0.0731. The average molecular weight is 257 g/mol. The molecule has 1 aromatic heterocycles. The van der Waals surface area contributed by atoms with Crippen LogP contribution < -0.4 is 4.74 Å². The molecule has 1 N–H and O–H groups in total. The smallest absolute Gasteiger partial charge is 0.345 e. The van der Waals surface area contributed by atoms with Crippen LogP contribution in [0.25, 0.3) is 0 Å². The fourth-order valence-electron chi connectivity index (χ4n) is 1.83. The molecule has 0 spiro atoms. The Kier molecular flexibility index (Phi) is 3.51. The zero-order valence-corrected chi connectivity index (χ0v) is 11.1. The van der Waals surface area contributed by atoms with Crippen molar-refractivity contribution in [1.82, 2.24) is 4.98 Å². The van der Waals surface area contributed by atoms with Crippen LogP contribution in [-0.4, -0.2) is 16.1 Å². The third-order valence-electron chi connectivity index (χ3n) is 3.09. The quantitative estimate of drug-likeness (QED) is 0.663. The van der Waals surface area contributed by atoms with Crippen LogP contribution in [0.3, 0.4) is 0 Å². The summed E-state index contributed by atoms with van der Waals surface area (Å²) in [6.45, 7) is 5.39. The van der Waals surface area contributed by atoms with Gasteiger partial charge in [-0.25, -0.2) is 4.79 Å². The van der Waals surface area contributed by atoms with Gasteiger partial charge in [-0.3, -0.25) is 4.98 Å². The Bertz CT molecular complexity index is 621. The number of carbonyl (C=O) groups excluding carboxylic acids is 1. The van der Waals surface area contributed by atoms with E-state index in [1.807, 2.05) is 6.92 Å². The molecule has 0 bridgehead atoms. The van der Waals surface area contributed by atoms with E-state index in [2.05, 4.69) is 4.98 Å². The highest BCUT2D eigenvalue weighted by Crippen LogP contribution is 2.32. The molecule has 19 heavy (non-hydrogen) atoms. The Balaban J connectivity index is 2.35. The van der Waals surface area contributed by atoms with E-state index in [-0.39, 0.29) is 5.75 Å². The number of ether oxygens (including phenoxy) is 1. The van der Waals surface area contributed by atoms with Gasteiger partial charge < -0.3 is 9.84 Å². The van der Waals surface area contributed by atoms with Gasteiger partial charge in [0.2, 0.25) is 0 Å². The normalized spacial score (nSPS) is 10.3. The summed E-state index contributed by atoms with van der Waals surface area (Å²) in [6, 6.07) is 4.92. The second kappa shape index (κ2) is 5.10. The molecule has 1 aromatic carbocycles. The number of esters is 1. The van der Waals surface area contributed by atoms with E-state index in [0.29, 0.717) is 16.9 Å². The van der Waals surface area contributed by atoms with Gasteiger partial charge in [0.15, 0.2) is 0 Å². The number of carbonyl (C=O) groups is 1. The van der Waals surface area contributed by atoms with Crippen LogP contribution in [0.1, 0.15) is 27.0 Å². The maximum Gasteiger partial charge on any atom is 0.345 e. The van der Waals surface area contributed by atoms with Crippen molar-refractivity contribution in [3.8, 4) is 11.5 Å². The summed E-state index contributed by atoms with van der Waals surface area (Å²) < 4.78 is 5.41. The number of rotatable bonds is 2. The molecular weight excluding hydrogens is 242 g/mol. The average Bonchev–Trinajstić information content (AvgIpc) is 2.42. The lowest BCUT2D eigenvalue weighted by Gasteiger charge is -2.13. The van der Waals surface area contributed by atoms with Crippen molar-refractivity contribution < 1.29 is 14.6 Å². The fourth-order valence-corrected chi connectivity index (χ4v) is 1.83. The first-order chi connectivity index (χ1) is 9.00. The summed E-state index contributed by atoms with van der Waals surface area (Å²) in [4.78, 5) is 15.9. The number of phenols is 1. The first-order valence-electron chi connectivity index (χ1n) is 5.92. The van der Waals surface area contributed by atoms with Gasteiger partial charge in [0, 0.05) is 12.4 Å². The van der Waals surface area contributed by atoms with E-state index in [1.54, 1.807) is 38.2 Å². The van der Waals surface area contributed by atoms with Crippen LogP contribution >= 0.6 is 0 Å². The van der Waals surface area contributed by atoms with E-state index in [0.717, 1.165) is 11.1 Å². The maximum absolute atomic E-state index is 12.0. The van der Waals surface area contributed by atoms with Crippen LogP contribution in [0.2, 0.25) is 0 Å². The molecular formula is C15H15NO3. The Morgan fingerprint density at radius 1 is 1.26 bits per heavy atom. The largest absolute Gasteiger partial charge is 0.508 e. The lowest BCUT2D eigenvalue weighted by atomic mass is 10.0. The summed E-state index contributed by atoms with van der Waals surface area (Å²) in [7, 11) is 0. The van der Waals surface area contributed by atoms with E-state index in [1.165, 1.54) is 6.20 Å². The van der Waals surface area contributed by atoms with Crippen molar-refractivity contribution in [3.63, 3.8) is 0 Å². The lowest BCUT2D eigenvalue weighted by Crippen LogP contribution is -2.11. The Hall–Kier alpha value is -2.36. The maximum atomic E-state index is 12.0. The van der Waals surface area contributed by atoms with Crippen molar-refractivity contribution in [2.45, 2.75) is 20.8 Å². The zero-order valence-electron chi connectivity index (χ0n) is 11.1. The van der Waals surface area contributed by atoms with E-state index < -0.39 is 5.97 Å². The number of hydrogen-bond acceptors (Lipinski definition) is 4. The van der Waals surface area contributed by atoms with Crippen molar-refractivity contribution in [2.24, 2.45) is 0 Å². The Labute approximate surface area is 111 Å². The van der Waals surface area contributed by atoms with Crippen LogP contribution in [0.5, 0.6) is 11.5 Å². The zero-order chi connectivity index (χ0) is 14.0. The summed E-state index contributed by atoms with van der Waals surface area (Å²) in [5, 5.41) is 9.71. The Morgan fingerprint density at radius 3 is 2.63 bits per heavy atom. The molecule has 0 aliphatic carbocycles. The van der Waals surface area contributed by atoms with E-state index in [9.17, 15) is 9.90 Å². The molecule has 0 aliphatic rings. The molecule has 0 aliphatic heterocycles. The van der Waals surface area contributed by atoms with Gasteiger partial charge in [-0.1, -0.05) is 0 Å². The molecule has 4 nitrogen and oxygen atoms in total. The van der Waals surface area contributed by atoms with Gasteiger partial charge in [0.1, 0.15) is 11.5 Å². The van der Waals surface area contributed by atoms with Gasteiger partial charge >= 0.3 is 5.97 Å². The highest BCUT2D eigenvalue weighted by Gasteiger charge is 2.15. The summed E-state index contributed by atoms with van der Waals surface area (Å²) >= 11 is 0. The highest BCUT2D eigenvalue weighted by atomic mass is 16.5. The van der Waals surface area contributed by atoms with Crippen molar-refractivity contribution in [1.29, 1.82) is 0 Å². The van der Waals surface area contributed by atoms with E-state index >= 15 is 0 Å². The summed E-state index contributed by atoms with van der Waals surface area (Å²) in [5.74, 6) is 0.240. The number of benzene rings is 1. The van der Waals surface area contributed by atoms with Gasteiger partial charge in [0.05, 0.1) is 5.56 Å². The van der Waals surface area contributed by atoms with Crippen molar-refractivity contribution in [3.05, 3.63) is 52.8 Å². The summed E-state index contributed by atoms with van der Waals surface area (Å²) in [5.41, 5.74) is 2.58. The molecule has 1 heterocycles.